The molecule has 0 bridgehead atoms. The number of halogens is 1. The molecule has 3 rings (SSSR count). The van der Waals surface area contributed by atoms with Gasteiger partial charge in [-0.05, 0) is 32.8 Å². The summed E-state index contributed by atoms with van der Waals surface area (Å²) < 4.78 is 0. The molecule has 3 nitrogen and oxygen atoms in total. The smallest absolute Gasteiger partial charge is 0.238 e. The number of hydrogen-bond donors (Lipinski definition) is 0. The lowest BCUT2D eigenvalue weighted by atomic mass is 9.87. The van der Waals surface area contributed by atoms with Gasteiger partial charge in [-0.15, -0.1) is 0 Å². The van der Waals surface area contributed by atoms with E-state index in [1.165, 1.54) is 0 Å². The fourth-order valence-corrected chi connectivity index (χ4v) is 2.42. The van der Waals surface area contributed by atoms with E-state index in [2.05, 4.69) is 4.98 Å². The molecule has 1 fully saturated rings. The van der Waals surface area contributed by atoms with Gasteiger partial charge in [0.05, 0.1) is 5.41 Å². The van der Waals surface area contributed by atoms with Crippen LogP contribution in [-0.4, -0.2) is 16.9 Å². The van der Waals surface area contributed by atoms with Crippen molar-refractivity contribution in [2.75, 3.05) is 4.90 Å². The maximum Gasteiger partial charge on any atom is 0.238 e. The van der Waals surface area contributed by atoms with Crippen LogP contribution in [0.15, 0.2) is 12.1 Å². The van der Waals surface area contributed by atoms with Crippen LogP contribution in [-0.2, 0) is 10.2 Å². The normalized spacial score (nSPS) is 22.4. The third-order valence-electron chi connectivity index (χ3n) is 3.41. The molecule has 1 aromatic rings. The van der Waals surface area contributed by atoms with Crippen LogP contribution in [0.4, 0.5) is 5.82 Å². The van der Waals surface area contributed by atoms with Crippen molar-refractivity contribution in [1.82, 2.24) is 4.98 Å². The summed E-state index contributed by atoms with van der Waals surface area (Å²) in [6.45, 7) is 3.90. The third kappa shape index (κ3) is 1.21. The summed E-state index contributed by atoms with van der Waals surface area (Å²) >= 11 is 5.91. The maximum absolute atomic E-state index is 12.3. The van der Waals surface area contributed by atoms with E-state index in [4.69, 9.17) is 11.6 Å². The molecule has 1 amide bonds. The Bertz CT molecular complexity index is 480. The van der Waals surface area contributed by atoms with Crippen LogP contribution in [0.3, 0.4) is 0 Å². The van der Waals surface area contributed by atoms with Gasteiger partial charge in [0.2, 0.25) is 5.91 Å². The molecule has 1 aromatic heterocycles. The van der Waals surface area contributed by atoms with E-state index in [0.717, 1.165) is 24.2 Å². The van der Waals surface area contributed by atoms with Gasteiger partial charge in [0.25, 0.3) is 0 Å². The van der Waals surface area contributed by atoms with Crippen molar-refractivity contribution < 1.29 is 4.79 Å². The topological polar surface area (TPSA) is 33.2 Å². The molecule has 0 N–H and O–H groups in total. The van der Waals surface area contributed by atoms with Crippen LogP contribution in [0.5, 0.6) is 0 Å². The molecule has 2 aliphatic rings. The summed E-state index contributed by atoms with van der Waals surface area (Å²) in [4.78, 5) is 18.5. The largest absolute Gasteiger partial charge is 0.293 e. The van der Waals surface area contributed by atoms with Crippen LogP contribution in [0, 0.1) is 0 Å². The fourth-order valence-electron chi connectivity index (χ4n) is 2.28. The van der Waals surface area contributed by atoms with Gasteiger partial charge in [-0.2, -0.15) is 0 Å². The molecule has 0 unspecified atom stereocenters. The van der Waals surface area contributed by atoms with E-state index in [1.54, 1.807) is 6.07 Å². The summed E-state index contributed by atoms with van der Waals surface area (Å²) in [7, 11) is 0. The summed E-state index contributed by atoms with van der Waals surface area (Å²) in [5.74, 6) is 0.921. The first kappa shape index (κ1) is 10.1. The highest BCUT2D eigenvalue weighted by atomic mass is 35.5. The van der Waals surface area contributed by atoms with Crippen LogP contribution < -0.4 is 4.90 Å². The minimum atomic E-state index is -0.463. The summed E-state index contributed by atoms with van der Waals surface area (Å²) in [5.41, 5.74) is 0.531. The standard InChI is InChI=1S/C12H13ClN2O/c1-12(2)8-5-6-9(13)14-10(8)15(11(12)16)7-3-4-7/h5-7H,3-4H2,1-2H3. The van der Waals surface area contributed by atoms with E-state index >= 15 is 0 Å². The first-order valence-corrected chi connectivity index (χ1v) is 5.90. The molecule has 0 aromatic carbocycles. The van der Waals surface area contributed by atoms with Crippen molar-refractivity contribution in [2.24, 2.45) is 0 Å². The molecule has 4 heteroatoms. The SMILES string of the molecule is CC1(C)C(=O)N(C2CC2)c2nc(Cl)ccc21. The lowest BCUT2D eigenvalue weighted by molar-refractivity contribution is -0.122. The first-order valence-electron chi connectivity index (χ1n) is 5.52. The minimum Gasteiger partial charge on any atom is -0.293 e. The van der Waals surface area contributed by atoms with E-state index < -0.39 is 5.41 Å². The second kappa shape index (κ2) is 2.98. The molecule has 1 aliphatic carbocycles. The Morgan fingerprint density at radius 2 is 2.12 bits per heavy atom. The highest BCUT2D eigenvalue weighted by Crippen LogP contribution is 2.45. The van der Waals surface area contributed by atoms with Crippen molar-refractivity contribution in [3.05, 3.63) is 22.8 Å². The van der Waals surface area contributed by atoms with Crippen molar-refractivity contribution in [3.63, 3.8) is 0 Å². The van der Waals surface area contributed by atoms with Crippen molar-refractivity contribution in [3.8, 4) is 0 Å². The molecule has 16 heavy (non-hydrogen) atoms. The Labute approximate surface area is 99.4 Å². The van der Waals surface area contributed by atoms with Gasteiger partial charge in [-0.25, -0.2) is 4.98 Å². The summed E-state index contributed by atoms with van der Waals surface area (Å²) in [5, 5.41) is 0.454. The maximum atomic E-state index is 12.3. The van der Waals surface area contributed by atoms with Gasteiger partial charge in [0.15, 0.2) is 0 Å². The second-order valence-corrected chi connectivity index (χ2v) is 5.42. The van der Waals surface area contributed by atoms with Gasteiger partial charge in [-0.1, -0.05) is 17.7 Å². The zero-order valence-electron chi connectivity index (χ0n) is 9.33. The number of carbonyl (C=O) groups is 1. The number of carbonyl (C=O) groups excluding carboxylic acids is 1. The Morgan fingerprint density at radius 3 is 2.75 bits per heavy atom. The van der Waals surface area contributed by atoms with Gasteiger partial charge < -0.3 is 0 Å². The van der Waals surface area contributed by atoms with E-state index in [0.29, 0.717) is 11.2 Å². The lowest BCUT2D eigenvalue weighted by Crippen LogP contribution is -2.37. The predicted molar refractivity (Wildman–Crippen MR) is 62.8 cm³/mol. The van der Waals surface area contributed by atoms with E-state index in [-0.39, 0.29) is 5.91 Å². The molecule has 1 saturated carbocycles. The van der Waals surface area contributed by atoms with Gasteiger partial charge in [0, 0.05) is 11.6 Å². The van der Waals surface area contributed by atoms with E-state index in [1.807, 2.05) is 24.8 Å². The molecular weight excluding hydrogens is 224 g/mol. The number of hydrogen-bond acceptors (Lipinski definition) is 2. The second-order valence-electron chi connectivity index (χ2n) is 5.04. The number of nitrogens with zero attached hydrogens (tertiary/aromatic N) is 2. The molecule has 0 saturated heterocycles. The number of pyridine rings is 1. The number of fused-ring (bicyclic) bond motifs is 1. The van der Waals surface area contributed by atoms with Gasteiger partial charge in [-0.3, -0.25) is 9.69 Å². The van der Waals surface area contributed by atoms with Gasteiger partial charge in [0.1, 0.15) is 11.0 Å². The Kier molecular flexibility index (Phi) is 1.88. The minimum absolute atomic E-state index is 0.153. The van der Waals surface area contributed by atoms with Crippen LogP contribution >= 0.6 is 11.6 Å². The first-order chi connectivity index (χ1) is 7.51. The molecular formula is C12H13ClN2O. The Balaban J connectivity index is 2.19. The quantitative estimate of drug-likeness (QED) is 0.702. The van der Waals surface area contributed by atoms with Gasteiger partial charge >= 0.3 is 0 Å². The van der Waals surface area contributed by atoms with Crippen molar-refractivity contribution in [1.29, 1.82) is 0 Å². The average molecular weight is 237 g/mol. The van der Waals surface area contributed by atoms with Crippen molar-refractivity contribution >= 4 is 23.3 Å². The molecule has 0 radical (unpaired) electrons. The zero-order valence-corrected chi connectivity index (χ0v) is 10.1. The highest BCUT2D eigenvalue weighted by molar-refractivity contribution is 6.29. The fraction of sp³-hybridized carbons (Fsp3) is 0.500. The van der Waals surface area contributed by atoms with Crippen LogP contribution in [0.2, 0.25) is 5.15 Å². The monoisotopic (exact) mass is 236 g/mol. The highest BCUT2D eigenvalue weighted by Gasteiger charge is 2.49. The number of anilines is 1. The van der Waals surface area contributed by atoms with Crippen LogP contribution in [0.1, 0.15) is 32.3 Å². The number of aromatic nitrogens is 1. The molecule has 2 heterocycles. The molecule has 84 valence electrons. The Hall–Kier alpha value is -1.09. The summed E-state index contributed by atoms with van der Waals surface area (Å²) in [6, 6.07) is 4.02. The number of rotatable bonds is 1. The summed E-state index contributed by atoms with van der Waals surface area (Å²) in [6.07, 6.45) is 2.16. The third-order valence-corrected chi connectivity index (χ3v) is 3.62. The van der Waals surface area contributed by atoms with Crippen LogP contribution in [0.25, 0.3) is 0 Å². The average Bonchev–Trinajstić information content (AvgIpc) is 2.99. The molecule has 0 spiro atoms. The van der Waals surface area contributed by atoms with Crippen molar-refractivity contribution in [2.45, 2.75) is 38.1 Å². The Morgan fingerprint density at radius 1 is 1.44 bits per heavy atom. The number of amides is 1. The van der Waals surface area contributed by atoms with E-state index in [9.17, 15) is 4.79 Å². The predicted octanol–water partition coefficient (Wildman–Crippen LogP) is 2.52. The lowest BCUT2D eigenvalue weighted by Gasteiger charge is -2.19. The molecule has 1 aliphatic heterocycles. The molecule has 0 atom stereocenters. The zero-order chi connectivity index (χ0) is 11.5.